The standard InChI is InChI=1S/C14H17NO4S/c1-2-18-11-5-7-12(8-6-11)20(16,17)10-13(15)14-4-3-9-19-14/h3-9,13H,2,10,15H2,1H3. The molecular formula is C14H17NO4S. The summed E-state index contributed by atoms with van der Waals surface area (Å²) in [6, 6.07) is 8.98. The van der Waals surface area contributed by atoms with E-state index < -0.39 is 15.9 Å². The van der Waals surface area contributed by atoms with Crippen LogP contribution in [0.5, 0.6) is 5.75 Å². The Balaban J connectivity index is 2.13. The highest BCUT2D eigenvalue weighted by molar-refractivity contribution is 7.91. The van der Waals surface area contributed by atoms with Crippen molar-refractivity contribution in [3.05, 3.63) is 48.4 Å². The fourth-order valence-electron chi connectivity index (χ4n) is 1.83. The molecule has 6 heteroatoms. The molecule has 0 saturated carbocycles. The highest BCUT2D eigenvalue weighted by Crippen LogP contribution is 2.21. The molecule has 0 bridgehead atoms. The van der Waals surface area contributed by atoms with E-state index in [4.69, 9.17) is 14.9 Å². The Hall–Kier alpha value is -1.79. The Morgan fingerprint density at radius 1 is 1.25 bits per heavy atom. The van der Waals surface area contributed by atoms with Crippen molar-refractivity contribution in [3.63, 3.8) is 0 Å². The van der Waals surface area contributed by atoms with Crippen LogP contribution in [-0.2, 0) is 9.84 Å². The Bertz CT molecular complexity index is 632. The molecule has 1 aromatic carbocycles. The van der Waals surface area contributed by atoms with Crippen LogP contribution >= 0.6 is 0 Å². The Morgan fingerprint density at radius 2 is 1.95 bits per heavy atom. The third kappa shape index (κ3) is 3.40. The van der Waals surface area contributed by atoms with Gasteiger partial charge in [-0.25, -0.2) is 8.42 Å². The molecule has 0 saturated heterocycles. The number of hydrogen-bond acceptors (Lipinski definition) is 5. The van der Waals surface area contributed by atoms with Gasteiger partial charge in [-0.05, 0) is 43.3 Å². The van der Waals surface area contributed by atoms with Gasteiger partial charge in [0.25, 0.3) is 0 Å². The first-order valence-electron chi connectivity index (χ1n) is 6.27. The number of furan rings is 1. The van der Waals surface area contributed by atoms with Crippen molar-refractivity contribution in [1.82, 2.24) is 0 Å². The molecule has 0 spiro atoms. The van der Waals surface area contributed by atoms with E-state index in [2.05, 4.69) is 0 Å². The average Bonchev–Trinajstić information content (AvgIpc) is 2.93. The van der Waals surface area contributed by atoms with Crippen LogP contribution in [0.25, 0.3) is 0 Å². The molecule has 2 aromatic rings. The smallest absolute Gasteiger partial charge is 0.180 e. The second-order valence-corrected chi connectivity index (χ2v) is 6.34. The molecule has 1 heterocycles. The molecule has 0 aliphatic carbocycles. The van der Waals surface area contributed by atoms with Crippen molar-refractivity contribution >= 4 is 9.84 Å². The van der Waals surface area contributed by atoms with Crippen LogP contribution in [0, 0.1) is 0 Å². The maximum Gasteiger partial charge on any atom is 0.180 e. The van der Waals surface area contributed by atoms with Gasteiger partial charge < -0.3 is 14.9 Å². The SMILES string of the molecule is CCOc1ccc(S(=O)(=O)CC(N)c2ccco2)cc1. The second-order valence-electron chi connectivity index (χ2n) is 4.31. The highest BCUT2D eigenvalue weighted by Gasteiger charge is 2.21. The van der Waals surface area contributed by atoms with Gasteiger partial charge in [-0.3, -0.25) is 0 Å². The van der Waals surface area contributed by atoms with E-state index in [0.717, 1.165) is 0 Å². The first-order chi connectivity index (χ1) is 9.53. The quantitative estimate of drug-likeness (QED) is 0.883. The maximum absolute atomic E-state index is 12.2. The minimum Gasteiger partial charge on any atom is -0.494 e. The Kier molecular flexibility index (Phi) is 4.46. The molecule has 2 N–H and O–H groups in total. The van der Waals surface area contributed by atoms with Crippen molar-refractivity contribution in [3.8, 4) is 5.75 Å². The van der Waals surface area contributed by atoms with Crippen molar-refractivity contribution in [2.24, 2.45) is 5.73 Å². The van der Waals surface area contributed by atoms with Gasteiger partial charge in [0.05, 0.1) is 29.6 Å². The van der Waals surface area contributed by atoms with Crippen molar-refractivity contribution in [2.45, 2.75) is 17.9 Å². The van der Waals surface area contributed by atoms with Gasteiger partial charge in [0.1, 0.15) is 11.5 Å². The van der Waals surface area contributed by atoms with Crippen molar-refractivity contribution in [1.29, 1.82) is 0 Å². The van der Waals surface area contributed by atoms with E-state index in [0.29, 0.717) is 18.1 Å². The van der Waals surface area contributed by atoms with E-state index in [1.54, 1.807) is 24.3 Å². The summed E-state index contributed by atoms with van der Waals surface area (Å²) in [6.45, 7) is 2.41. The molecule has 2 rings (SSSR count). The first kappa shape index (κ1) is 14.6. The molecule has 0 aliphatic rings. The predicted molar refractivity (Wildman–Crippen MR) is 75.3 cm³/mol. The minimum atomic E-state index is -3.46. The van der Waals surface area contributed by atoms with Crippen LogP contribution in [0.3, 0.4) is 0 Å². The Labute approximate surface area is 118 Å². The largest absolute Gasteiger partial charge is 0.494 e. The molecule has 0 fully saturated rings. The Morgan fingerprint density at radius 3 is 2.50 bits per heavy atom. The topological polar surface area (TPSA) is 82.5 Å². The summed E-state index contributed by atoms with van der Waals surface area (Å²) in [6.07, 6.45) is 1.47. The van der Waals surface area contributed by atoms with Crippen molar-refractivity contribution < 1.29 is 17.6 Å². The summed E-state index contributed by atoms with van der Waals surface area (Å²) in [7, 11) is -3.46. The second kappa shape index (κ2) is 6.11. The zero-order chi connectivity index (χ0) is 14.6. The number of rotatable bonds is 6. The van der Waals surface area contributed by atoms with Crippen LogP contribution in [0.15, 0.2) is 52.0 Å². The van der Waals surface area contributed by atoms with Crippen LogP contribution < -0.4 is 10.5 Å². The number of nitrogens with two attached hydrogens (primary N) is 1. The van der Waals surface area contributed by atoms with E-state index >= 15 is 0 Å². The van der Waals surface area contributed by atoms with E-state index in [9.17, 15) is 8.42 Å². The third-order valence-corrected chi connectivity index (χ3v) is 4.59. The van der Waals surface area contributed by atoms with Gasteiger partial charge in [0.2, 0.25) is 0 Å². The highest BCUT2D eigenvalue weighted by atomic mass is 32.2. The first-order valence-corrected chi connectivity index (χ1v) is 7.93. The number of hydrogen-bond donors (Lipinski definition) is 1. The maximum atomic E-state index is 12.2. The lowest BCUT2D eigenvalue weighted by Gasteiger charge is -2.10. The van der Waals surface area contributed by atoms with Crippen LogP contribution in [0.4, 0.5) is 0 Å². The molecule has 20 heavy (non-hydrogen) atoms. The molecule has 0 amide bonds. The predicted octanol–water partition coefficient (Wildman–Crippen LogP) is 2.15. The van der Waals surface area contributed by atoms with E-state index in [-0.39, 0.29) is 10.6 Å². The molecule has 1 aromatic heterocycles. The average molecular weight is 295 g/mol. The van der Waals surface area contributed by atoms with Crippen LogP contribution in [0.2, 0.25) is 0 Å². The minimum absolute atomic E-state index is 0.200. The van der Waals surface area contributed by atoms with Crippen molar-refractivity contribution in [2.75, 3.05) is 12.4 Å². The molecule has 0 radical (unpaired) electrons. The summed E-state index contributed by atoms with van der Waals surface area (Å²) >= 11 is 0. The van der Waals surface area contributed by atoms with E-state index in [1.165, 1.54) is 18.4 Å². The lowest BCUT2D eigenvalue weighted by atomic mass is 10.3. The van der Waals surface area contributed by atoms with Crippen LogP contribution in [0.1, 0.15) is 18.7 Å². The van der Waals surface area contributed by atoms with Crippen LogP contribution in [-0.4, -0.2) is 20.8 Å². The fourth-order valence-corrected chi connectivity index (χ4v) is 3.21. The summed E-state index contributed by atoms with van der Waals surface area (Å²) in [4.78, 5) is 0.225. The number of ether oxygens (including phenoxy) is 1. The molecule has 1 unspecified atom stereocenters. The zero-order valence-electron chi connectivity index (χ0n) is 11.2. The third-order valence-electron chi connectivity index (χ3n) is 2.80. The van der Waals surface area contributed by atoms with Gasteiger partial charge in [-0.2, -0.15) is 0 Å². The molecule has 5 nitrogen and oxygen atoms in total. The summed E-state index contributed by atoms with van der Waals surface area (Å²) in [5.74, 6) is 0.899. The molecule has 1 atom stereocenters. The van der Waals surface area contributed by atoms with Gasteiger partial charge in [-0.15, -0.1) is 0 Å². The number of sulfone groups is 1. The van der Waals surface area contributed by atoms with Gasteiger partial charge >= 0.3 is 0 Å². The zero-order valence-corrected chi connectivity index (χ0v) is 12.0. The molecule has 108 valence electrons. The lowest BCUT2D eigenvalue weighted by molar-refractivity contribution is 0.340. The number of benzene rings is 1. The normalized spacial score (nSPS) is 13.1. The van der Waals surface area contributed by atoms with Gasteiger partial charge in [-0.1, -0.05) is 0 Å². The van der Waals surface area contributed by atoms with Gasteiger partial charge in [0.15, 0.2) is 9.84 Å². The fraction of sp³-hybridized carbons (Fsp3) is 0.286. The monoisotopic (exact) mass is 295 g/mol. The summed E-state index contributed by atoms with van der Waals surface area (Å²) < 4.78 is 34.9. The molecule has 0 aliphatic heterocycles. The molecular weight excluding hydrogens is 278 g/mol. The van der Waals surface area contributed by atoms with E-state index in [1.807, 2.05) is 6.92 Å². The summed E-state index contributed by atoms with van der Waals surface area (Å²) in [5, 5.41) is 0. The van der Waals surface area contributed by atoms with Gasteiger partial charge in [0, 0.05) is 0 Å². The lowest BCUT2D eigenvalue weighted by Crippen LogP contribution is -2.21. The summed E-state index contributed by atoms with van der Waals surface area (Å²) in [5.41, 5.74) is 5.84.